The summed E-state index contributed by atoms with van der Waals surface area (Å²) in [5.41, 5.74) is 1.09. The smallest absolute Gasteiger partial charge is 0.186 e. The van der Waals surface area contributed by atoms with Crippen molar-refractivity contribution in [2.45, 2.75) is 6.92 Å². The summed E-state index contributed by atoms with van der Waals surface area (Å²) >= 11 is 0. The molecule has 2 aromatic carbocycles. The summed E-state index contributed by atoms with van der Waals surface area (Å²) in [5, 5.41) is 3.94. The second-order valence-corrected chi connectivity index (χ2v) is 4.10. The largest absolute Gasteiger partial charge is 0.205 e. The predicted molar refractivity (Wildman–Crippen MR) is 67.4 cm³/mol. The molecule has 1 aromatic heterocycles. The molecule has 0 saturated carbocycles. The third-order valence-electron chi connectivity index (χ3n) is 3.15. The van der Waals surface area contributed by atoms with Crippen LogP contribution in [-0.2, 0) is 7.05 Å². The highest BCUT2D eigenvalue weighted by Crippen LogP contribution is 2.25. The zero-order chi connectivity index (χ0) is 12.9. The molecule has 1 heterocycles. The Labute approximate surface area is 97.8 Å². The van der Waals surface area contributed by atoms with E-state index in [-0.39, 0.29) is 0 Å². The molecule has 1 nitrogen and oxygen atoms in total. The Morgan fingerprint density at radius 1 is 1.06 bits per heavy atom. The summed E-state index contributed by atoms with van der Waals surface area (Å²) < 4.78 is 18.2. The summed E-state index contributed by atoms with van der Waals surface area (Å²) in [6.07, 6.45) is 1.77. The molecule has 16 heavy (non-hydrogen) atoms. The number of pyridine rings is 1. The number of hydrogen-bond donors (Lipinski definition) is 0. The van der Waals surface area contributed by atoms with Crippen molar-refractivity contribution in [3.05, 3.63) is 54.3 Å². The van der Waals surface area contributed by atoms with Crippen LogP contribution >= 0.6 is 0 Å². The van der Waals surface area contributed by atoms with Crippen LogP contribution in [0.3, 0.4) is 0 Å². The van der Waals surface area contributed by atoms with Gasteiger partial charge in [0.05, 0.1) is 8.13 Å². The second-order valence-electron chi connectivity index (χ2n) is 4.10. The van der Waals surface area contributed by atoms with Crippen LogP contribution in [0.25, 0.3) is 21.5 Å². The lowest BCUT2D eigenvalue weighted by Crippen LogP contribution is -2.31. The monoisotopic (exact) mass is 212 g/mol. The maximum atomic E-state index is 8.12. The zero-order valence-corrected chi connectivity index (χ0v) is 9.41. The summed E-state index contributed by atoms with van der Waals surface area (Å²) in [5.74, 6) is 0. The Kier molecular flexibility index (Phi) is 1.53. The van der Waals surface area contributed by atoms with Gasteiger partial charge in [0.2, 0.25) is 0 Å². The Bertz CT molecular complexity index is 778. The fourth-order valence-electron chi connectivity index (χ4n) is 2.13. The second kappa shape index (κ2) is 3.31. The Morgan fingerprint density at radius 3 is 2.75 bits per heavy atom. The highest BCUT2D eigenvalue weighted by atomic mass is 14.9. The van der Waals surface area contributed by atoms with E-state index in [1.165, 1.54) is 0 Å². The maximum Gasteiger partial charge on any atom is 0.186 e. The first-order chi connectivity index (χ1) is 8.59. The lowest BCUT2D eigenvalue weighted by atomic mass is 10.0. The SMILES string of the molecule is [3H]c1cc2ccccc2c2c(C)[n+](C)cc([3H])c12. The number of aromatic nitrogens is 1. The molecule has 0 saturated heterocycles. The normalized spacial score (nSPS) is 12.9. The lowest BCUT2D eigenvalue weighted by Gasteiger charge is -2.04. The van der Waals surface area contributed by atoms with Crippen LogP contribution in [0.1, 0.15) is 8.44 Å². The fraction of sp³-hybridized carbons (Fsp3) is 0.133. The summed E-state index contributed by atoms with van der Waals surface area (Å²) in [4.78, 5) is 0. The van der Waals surface area contributed by atoms with Crippen molar-refractivity contribution in [2.75, 3.05) is 0 Å². The van der Waals surface area contributed by atoms with E-state index >= 15 is 0 Å². The Hall–Kier alpha value is -1.89. The number of fused-ring (bicyclic) bond motifs is 3. The molecule has 0 fully saturated rings. The molecule has 78 valence electrons. The van der Waals surface area contributed by atoms with Crippen molar-refractivity contribution >= 4 is 21.5 Å². The van der Waals surface area contributed by atoms with Crippen LogP contribution in [0.15, 0.2) is 48.6 Å². The van der Waals surface area contributed by atoms with E-state index in [9.17, 15) is 0 Å². The number of hydrogen-bond acceptors (Lipinski definition) is 0. The summed E-state index contributed by atoms with van der Waals surface area (Å²) in [6, 6.07) is 10.7. The minimum atomic E-state index is 0.411. The molecule has 1 heteroatoms. The number of nitrogens with zero attached hydrogens (tertiary/aromatic N) is 1. The Morgan fingerprint density at radius 2 is 1.88 bits per heavy atom. The number of aryl methyl sites for hydroxylation is 2. The van der Waals surface area contributed by atoms with E-state index in [1.54, 1.807) is 6.20 Å². The molecule has 0 radical (unpaired) electrons. The number of benzene rings is 2. The van der Waals surface area contributed by atoms with E-state index in [1.807, 2.05) is 42.8 Å². The van der Waals surface area contributed by atoms with Gasteiger partial charge in [-0.1, -0.05) is 36.4 Å². The molecule has 0 amide bonds. The molecular weight excluding hydrogens is 194 g/mol. The molecule has 0 unspecified atom stereocenters. The first-order valence-corrected chi connectivity index (χ1v) is 5.37. The highest BCUT2D eigenvalue weighted by Gasteiger charge is 2.09. The van der Waals surface area contributed by atoms with E-state index in [2.05, 4.69) is 6.07 Å². The summed E-state index contributed by atoms with van der Waals surface area (Å²) in [7, 11) is 1.94. The average molecular weight is 212 g/mol. The quantitative estimate of drug-likeness (QED) is 0.398. The van der Waals surface area contributed by atoms with Gasteiger partial charge < -0.3 is 0 Å². The standard InChI is InChI=1S/C15H14N/c1-11-15-13(9-10-16(11)2)8-7-12-5-3-4-6-14(12)15/h3-10H,1-2H3/q+1/i8T,9T. The van der Waals surface area contributed by atoms with Crippen LogP contribution in [0.5, 0.6) is 0 Å². The highest BCUT2D eigenvalue weighted by molar-refractivity contribution is 6.07. The van der Waals surface area contributed by atoms with E-state index in [0.29, 0.717) is 12.1 Å². The van der Waals surface area contributed by atoms with Crippen LogP contribution in [0.4, 0.5) is 0 Å². The first-order valence-electron chi connectivity index (χ1n) is 6.37. The minimum absolute atomic E-state index is 0.411. The van der Waals surface area contributed by atoms with Gasteiger partial charge in [0.15, 0.2) is 11.9 Å². The van der Waals surface area contributed by atoms with Gasteiger partial charge in [-0.3, -0.25) is 0 Å². The third-order valence-corrected chi connectivity index (χ3v) is 3.15. The fourth-order valence-corrected chi connectivity index (χ4v) is 2.13. The van der Waals surface area contributed by atoms with Gasteiger partial charge in [-0.15, -0.1) is 0 Å². The summed E-state index contributed by atoms with van der Waals surface area (Å²) in [6.45, 7) is 2.04. The van der Waals surface area contributed by atoms with Crippen LogP contribution in [0, 0.1) is 6.92 Å². The molecule has 0 aliphatic rings. The minimum Gasteiger partial charge on any atom is -0.205 e. The predicted octanol–water partition coefficient (Wildman–Crippen LogP) is 3.13. The van der Waals surface area contributed by atoms with Crippen molar-refractivity contribution in [1.82, 2.24) is 0 Å². The number of rotatable bonds is 0. The Balaban J connectivity index is 2.70. The molecule has 0 bridgehead atoms. The van der Waals surface area contributed by atoms with Gasteiger partial charge in [-0.25, -0.2) is 4.57 Å². The lowest BCUT2D eigenvalue weighted by molar-refractivity contribution is -0.676. The molecule has 0 aliphatic carbocycles. The average Bonchev–Trinajstić information content (AvgIpc) is 2.34. The molecule has 3 rings (SSSR count). The van der Waals surface area contributed by atoms with Gasteiger partial charge in [-0.2, -0.15) is 0 Å². The van der Waals surface area contributed by atoms with Crippen molar-refractivity contribution in [3.63, 3.8) is 0 Å². The van der Waals surface area contributed by atoms with Crippen molar-refractivity contribution in [1.29, 1.82) is 0 Å². The molecular formula is C15H14N+. The maximum absolute atomic E-state index is 8.12. The third kappa shape index (κ3) is 1.21. The first kappa shape index (κ1) is 7.39. The zero-order valence-electron chi connectivity index (χ0n) is 11.4. The van der Waals surface area contributed by atoms with Gasteiger partial charge in [-0.05, 0) is 16.2 Å². The molecule has 0 atom stereocenters. The van der Waals surface area contributed by atoms with Crippen LogP contribution in [0.2, 0.25) is 0 Å². The molecule has 0 spiro atoms. The van der Waals surface area contributed by atoms with E-state index < -0.39 is 0 Å². The van der Waals surface area contributed by atoms with Crippen LogP contribution in [-0.4, -0.2) is 0 Å². The van der Waals surface area contributed by atoms with Gasteiger partial charge in [0.25, 0.3) is 0 Å². The topological polar surface area (TPSA) is 3.88 Å². The van der Waals surface area contributed by atoms with Gasteiger partial charge in [0.1, 0.15) is 7.05 Å². The van der Waals surface area contributed by atoms with Crippen molar-refractivity contribution in [3.8, 4) is 0 Å². The van der Waals surface area contributed by atoms with Gasteiger partial charge >= 0.3 is 0 Å². The van der Waals surface area contributed by atoms with Gasteiger partial charge in [0, 0.05) is 13.0 Å². The van der Waals surface area contributed by atoms with E-state index in [4.69, 9.17) is 2.74 Å². The van der Waals surface area contributed by atoms with Crippen LogP contribution < -0.4 is 4.57 Å². The molecule has 0 aliphatic heterocycles. The molecule has 3 aromatic rings. The molecule has 0 N–H and O–H groups in total. The van der Waals surface area contributed by atoms with Crippen molar-refractivity contribution < 1.29 is 7.31 Å². The van der Waals surface area contributed by atoms with Crippen molar-refractivity contribution in [2.24, 2.45) is 7.05 Å². The van der Waals surface area contributed by atoms with E-state index in [0.717, 1.165) is 27.2 Å².